The maximum absolute atomic E-state index is 4.92. The van der Waals surface area contributed by atoms with E-state index in [4.69, 9.17) is 9.97 Å². The van der Waals surface area contributed by atoms with Gasteiger partial charge in [-0.25, -0.2) is 9.97 Å². The van der Waals surface area contributed by atoms with E-state index in [0.29, 0.717) is 5.92 Å². The van der Waals surface area contributed by atoms with Crippen LogP contribution in [0.25, 0.3) is 0 Å². The molecule has 0 spiro atoms. The molecular formula is C15H22N4S. The molecule has 0 radical (unpaired) electrons. The number of hydrogen-bond donors (Lipinski definition) is 1. The molecule has 3 aliphatic heterocycles. The summed E-state index contributed by atoms with van der Waals surface area (Å²) in [4.78, 5) is 12.4. The van der Waals surface area contributed by atoms with Crippen LogP contribution in [0, 0.1) is 0 Å². The Labute approximate surface area is 124 Å². The van der Waals surface area contributed by atoms with Crippen LogP contribution in [0.1, 0.15) is 48.7 Å². The van der Waals surface area contributed by atoms with Gasteiger partial charge in [0.15, 0.2) is 0 Å². The molecule has 4 heterocycles. The van der Waals surface area contributed by atoms with Crippen LogP contribution in [0.15, 0.2) is 0 Å². The first-order valence-electron chi connectivity index (χ1n) is 7.63. The van der Waals surface area contributed by atoms with Crippen LogP contribution in [0.2, 0.25) is 0 Å². The molecule has 20 heavy (non-hydrogen) atoms. The van der Waals surface area contributed by atoms with Gasteiger partial charge in [0.05, 0.1) is 5.69 Å². The molecule has 2 saturated heterocycles. The number of thioether (sulfide) groups is 1. The summed E-state index contributed by atoms with van der Waals surface area (Å²) in [5.41, 5.74) is 2.60. The first-order chi connectivity index (χ1) is 9.76. The lowest BCUT2D eigenvalue weighted by Crippen LogP contribution is -2.39. The summed E-state index contributed by atoms with van der Waals surface area (Å²) in [6.45, 7) is 0. The van der Waals surface area contributed by atoms with E-state index in [-0.39, 0.29) is 0 Å². The van der Waals surface area contributed by atoms with Gasteiger partial charge in [-0.3, -0.25) is 0 Å². The quantitative estimate of drug-likeness (QED) is 0.906. The zero-order valence-corrected chi connectivity index (χ0v) is 13.0. The van der Waals surface area contributed by atoms with E-state index >= 15 is 0 Å². The minimum atomic E-state index is 0.562. The van der Waals surface area contributed by atoms with Gasteiger partial charge in [-0.15, -0.1) is 0 Å². The minimum Gasteiger partial charge on any atom is -0.373 e. The monoisotopic (exact) mass is 290 g/mol. The molecule has 2 atom stereocenters. The Morgan fingerprint density at radius 2 is 1.90 bits per heavy atom. The highest BCUT2D eigenvalue weighted by atomic mass is 32.2. The standard InChI is InChI=1S/C15H22N4S/c1-16-15-12-7-20-8-13(12)17-14(18-15)9-5-10-3-4-11(6-9)19(10)2/h9-11H,3-8H2,1-2H3,(H,16,17,18). The van der Waals surface area contributed by atoms with Gasteiger partial charge in [0.25, 0.3) is 0 Å². The molecule has 108 valence electrons. The van der Waals surface area contributed by atoms with E-state index in [1.54, 1.807) is 0 Å². The third-order valence-corrected chi connectivity index (χ3v) is 6.27. The van der Waals surface area contributed by atoms with Gasteiger partial charge in [0.2, 0.25) is 0 Å². The molecule has 2 unspecified atom stereocenters. The van der Waals surface area contributed by atoms with E-state index in [1.165, 1.54) is 36.9 Å². The molecule has 3 aliphatic rings. The number of piperidine rings is 1. The minimum absolute atomic E-state index is 0.562. The predicted octanol–water partition coefficient (Wildman–Crippen LogP) is 2.61. The Bertz CT molecular complexity index is 519. The van der Waals surface area contributed by atoms with E-state index in [9.17, 15) is 0 Å². The zero-order chi connectivity index (χ0) is 13.7. The third-order valence-electron chi connectivity index (χ3n) is 5.30. The van der Waals surface area contributed by atoms with Crippen molar-refractivity contribution in [2.75, 3.05) is 19.4 Å². The zero-order valence-electron chi connectivity index (χ0n) is 12.2. The van der Waals surface area contributed by atoms with Gasteiger partial charge in [-0.05, 0) is 32.7 Å². The third kappa shape index (κ3) is 1.94. The van der Waals surface area contributed by atoms with Crippen LogP contribution >= 0.6 is 11.8 Å². The molecule has 5 heteroatoms. The number of nitrogens with one attached hydrogen (secondary N) is 1. The SMILES string of the molecule is CNc1nc(C2CC3CCC(C2)N3C)nc2c1CSC2. The smallest absolute Gasteiger partial charge is 0.134 e. The lowest BCUT2D eigenvalue weighted by Gasteiger charge is -2.35. The molecular weight excluding hydrogens is 268 g/mol. The molecule has 2 bridgehead atoms. The fourth-order valence-electron chi connectivity index (χ4n) is 4.08. The van der Waals surface area contributed by atoms with E-state index in [0.717, 1.165) is 35.2 Å². The van der Waals surface area contributed by atoms with Crippen molar-refractivity contribution in [2.45, 2.75) is 55.2 Å². The maximum Gasteiger partial charge on any atom is 0.134 e. The van der Waals surface area contributed by atoms with Crippen molar-refractivity contribution in [1.82, 2.24) is 14.9 Å². The van der Waals surface area contributed by atoms with E-state index in [2.05, 4.69) is 17.3 Å². The number of rotatable bonds is 2. The second-order valence-electron chi connectivity index (χ2n) is 6.32. The highest BCUT2D eigenvalue weighted by Gasteiger charge is 2.40. The van der Waals surface area contributed by atoms with Crippen molar-refractivity contribution in [1.29, 1.82) is 0 Å². The Kier molecular flexibility index (Phi) is 3.15. The lowest BCUT2D eigenvalue weighted by molar-refractivity contribution is 0.159. The van der Waals surface area contributed by atoms with Crippen LogP contribution in [0.3, 0.4) is 0 Å². The van der Waals surface area contributed by atoms with Crippen molar-refractivity contribution < 1.29 is 0 Å². The normalized spacial score (nSPS) is 32.4. The molecule has 1 aromatic rings. The Morgan fingerprint density at radius 3 is 2.60 bits per heavy atom. The number of nitrogens with zero attached hydrogens (tertiary/aromatic N) is 3. The van der Waals surface area contributed by atoms with Crippen molar-refractivity contribution >= 4 is 17.6 Å². The summed E-state index contributed by atoms with van der Waals surface area (Å²) >= 11 is 1.95. The van der Waals surface area contributed by atoms with Crippen molar-refractivity contribution in [3.63, 3.8) is 0 Å². The van der Waals surface area contributed by atoms with Crippen LogP contribution < -0.4 is 5.32 Å². The van der Waals surface area contributed by atoms with Gasteiger partial charge in [0.1, 0.15) is 11.6 Å². The molecule has 1 aromatic heterocycles. The molecule has 0 aromatic carbocycles. The van der Waals surface area contributed by atoms with Crippen LogP contribution in [0.4, 0.5) is 5.82 Å². The largest absolute Gasteiger partial charge is 0.373 e. The van der Waals surface area contributed by atoms with Crippen molar-refractivity contribution in [3.8, 4) is 0 Å². The Hall–Kier alpha value is -0.810. The van der Waals surface area contributed by atoms with Gasteiger partial charge in [-0.2, -0.15) is 11.8 Å². The molecule has 0 saturated carbocycles. The second-order valence-corrected chi connectivity index (χ2v) is 7.30. The predicted molar refractivity (Wildman–Crippen MR) is 83.1 cm³/mol. The van der Waals surface area contributed by atoms with Gasteiger partial charge in [-0.1, -0.05) is 0 Å². The summed E-state index contributed by atoms with van der Waals surface area (Å²) in [7, 11) is 4.27. The maximum atomic E-state index is 4.92. The molecule has 2 fully saturated rings. The summed E-state index contributed by atoms with van der Waals surface area (Å²) in [6.07, 6.45) is 5.19. The van der Waals surface area contributed by atoms with Crippen molar-refractivity contribution in [2.24, 2.45) is 0 Å². The van der Waals surface area contributed by atoms with Crippen LogP contribution in [-0.2, 0) is 11.5 Å². The molecule has 1 N–H and O–H groups in total. The van der Waals surface area contributed by atoms with Gasteiger partial charge < -0.3 is 10.2 Å². The molecule has 4 rings (SSSR count). The van der Waals surface area contributed by atoms with E-state index < -0.39 is 0 Å². The van der Waals surface area contributed by atoms with Crippen LogP contribution in [0.5, 0.6) is 0 Å². The van der Waals surface area contributed by atoms with Gasteiger partial charge >= 0.3 is 0 Å². The first kappa shape index (κ1) is 12.9. The fourth-order valence-corrected chi connectivity index (χ4v) is 5.12. The Morgan fingerprint density at radius 1 is 1.15 bits per heavy atom. The van der Waals surface area contributed by atoms with Crippen LogP contribution in [-0.4, -0.2) is 41.0 Å². The molecule has 4 nitrogen and oxygen atoms in total. The van der Waals surface area contributed by atoms with Crippen molar-refractivity contribution in [3.05, 3.63) is 17.1 Å². The summed E-state index contributed by atoms with van der Waals surface area (Å²) in [5, 5.41) is 3.28. The average molecular weight is 290 g/mol. The number of anilines is 1. The highest BCUT2D eigenvalue weighted by molar-refractivity contribution is 7.98. The number of hydrogen-bond acceptors (Lipinski definition) is 5. The average Bonchev–Trinajstić information content (AvgIpc) is 2.99. The first-order valence-corrected chi connectivity index (χ1v) is 8.79. The number of aromatic nitrogens is 2. The molecule has 0 amide bonds. The summed E-state index contributed by atoms with van der Waals surface area (Å²) in [5.74, 6) is 4.84. The lowest BCUT2D eigenvalue weighted by atomic mass is 9.90. The highest BCUT2D eigenvalue weighted by Crippen LogP contribution is 2.42. The molecule has 0 aliphatic carbocycles. The fraction of sp³-hybridized carbons (Fsp3) is 0.733. The summed E-state index contributed by atoms with van der Waals surface area (Å²) in [6, 6.07) is 1.51. The Balaban J connectivity index is 1.66. The van der Waals surface area contributed by atoms with Gasteiger partial charge in [0, 0.05) is 42.1 Å². The number of fused-ring (bicyclic) bond motifs is 3. The second kappa shape index (κ2) is 4.88. The summed E-state index contributed by atoms with van der Waals surface area (Å²) < 4.78 is 0. The van der Waals surface area contributed by atoms with E-state index in [1.807, 2.05) is 18.8 Å². The topological polar surface area (TPSA) is 41.1 Å².